The fraction of sp³-hybridized carbons (Fsp3) is 0.200. The molecule has 30 heavy (non-hydrogen) atoms. The molecule has 0 saturated carbocycles. The molecular formula is C20H17F2N5O3. The molecule has 0 aliphatic carbocycles. The summed E-state index contributed by atoms with van der Waals surface area (Å²) in [7, 11) is 0. The Morgan fingerprint density at radius 2 is 2.03 bits per heavy atom. The number of benzene rings is 2. The highest BCUT2D eigenvalue weighted by molar-refractivity contribution is 5.97. The van der Waals surface area contributed by atoms with Crippen LogP contribution in [0.15, 0.2) is 36.4 Å². The van der Waals surface area contributed by atoms with Crippen LogP contribution < -0.4 is 15.8 Å². The summed E-state index contributed by atoms with van der Waals surface area (Å²) in [6, 6.07) is 9.10. The van der Waals surface area contributed by atoms with Gasteiger partial charge in [-0.1, -0.05) is 30.3 Å². The number of nitrogens with two attached hydrogens (primary N) is 1. The Kier molecular flexibility index (Phi) is 4.90. The molecule has 1 atom stereocenters. The zero-order valence-corrected chi connectivity index (χ0v) is 15.9. The van der Waals surface area contributed by atoms with E-state index in [4.69, 9.17) is 10.5 Å². The van der Waals surface area contributed by atoms with Gasteiger partial charge in [0.1, 0.15) is 35.7 Å². The van der Waals surface area contributed by atoms with E-state index in [-0.39, 0.29) is 35.9 Å². The van der Waals surface area contributed by atoms with Crippen LogP contribution in [0.3, 0.4) is 0 Å². The second-order valence-corrected chi connectivity index (χ2v) is 6.82. The number of carbonyl (C=O) groups is 2. The molecule has 1 aliphatic rings. The number of hydrogen-bond acceptors (Lipinski definition) is 5. The van der Waals surface area contributed by atoms with Crippen molar-refractivity contribution in [2.75, 3.05) is 11.9 Å². The summed E-state index contributed by atoms with van der Waals surface area (Å²) in [5.74, 6) is -3.37. The fourth-order valence-corrected chi connectivity index (χ4v) is 3.29. The first-order valence-corrected chi connectivity index (χ1v) is 9.06. The maximum absolute atomic E-state index is 14.5. The van der Waals surface area contributed by atoms with E-state index < -0.39 is 29.5 Å². The molecule has 3 N–H and O–H groups in total. The second-order valence-electron chi connectivity index (χ2n) is 6.82. The van der Waals surface area contributed by atoms with Crippen LogP contribution >= 0.6 is 0 Å². The highest BCUT2D eigenvalue weighted by atomic mass is 19.1. The van der Waals surface area contributed by atoms with Gasteiger partial charge in [-0.15, -0.1) is 10.2 Å². The first-order chi connectivity index (χ1) is 14.4. The van der Waals surface area contributed by atoms with Crippen molar-refractivity contribution in [2.24, 2.45) is 5.73 Å². The summed E-state index contributed by atoms with van der Waals surface area (Å²) in [4.78, 5) is 24.8. The molecule has 0 radical (unpaired) electrons. The summed E-state index contributed by atoms with van der Waals surface area (Å²) < 4.78 is 35.2. The van der Waals surface area contributed by atoms with E-state index in [0.29, 0.717) is 5.82 Å². The monoisotopic (exact) mass is 413 g/mol. The zero-order chi connectivity index (χ0) is 21.4. The largest absolute Gasteiger partial charge is 0.488 e. The molecule has 2 heterocycles. The lowest BCUT2D eigenvalue weighted by Gasteiger charge is -2.18. The van der Waals surface area contributed by atoms with Crippen molar-refractivity contribution in [1.29, 1.82) is 0 Å². The number of rotatable bonds is 4. The summed E-state index contributed by atoms with van der Waals surface area (Å²) in [5, 5.41) is 10.2. The maximum atomic E-state index is 14.5. The normalized spacial score (nSPS) is 15.7. The van der Waals surface area contributed by atoms with E-state index >= 15 is 0 Å². The summed E-state index contributed by atoms with van der Waals surface area (Å²) in [6.45, 7) is 0.948. The smallest absolute Gasteiger partial charge is 0.286 e. The lowest BCUT2D eigenvalue weighted by molar-refractivity contribution is -0.119. The van der Waals surface area contributed by atoms with Crippen LogP contribution in [0.5, 0.6) is 5.75 Å². The number of nitrogens with one attached hydrogen (secondary N) is 1. The summed E-state index contributed by atoms with van der Waals surface area (Å²) in [6.07, 6.45) is 0.264. The molecule has 1 aromatic heterocycles. The lowest BCUT2D eigenvalue weighted by Crippen LogP contribution is -2.33. The van der Waals surface area contributed by atoms with Crippen LogP contribution in [0.4, 0.5) is 14.5 Å². The van der Waals surface area contributed by atoms with E-state index in [9.17, 15) is 18.4 Å². The number of aromatic nitrogens is 3. The van der Waals surface area contributed by atoms with Gasteiger partial charge in [-0.2, -0.15) is 0 Å². The Balaban J connectivity index is 1.75. The van der Waals surface area contributed by atoms with Crippen LogP contribution in [0.1, 0.15) is 33.6 Å². The average Bonchev–Trinajstić information content (AvgIpc) is 3.06. The maximum Gasteiger partial charge on any atom is 0.286 e. The number of halogens is 2. The van der Waals surface area contributed by atoms with Crippen molar-refractivity contribution in [3.05, 3.63) is 70.8 Å². The molecule has 3 aromatic rings. The molecule has 2 amide bonds. The van der Waals surface area contributed by atoms with Crippen LogP contribution in [0, 0.1) is 18.6 Å². The molecule has 8 nitrogen and oxygen atoms in total. The molecule has 0 fully saturated rings. The topological polar surface area (TPSA) is 112 Å². The summed E-state index contributed by atoms with van der Waals surface area (Å²) >= 11 is 0. The van der Waals surface area contributed by atoms with Crippen LogP contribution in [0.2, 0.25) is 0 Å². The van der Waals surface area contributed by atoms with Gasteiger partial charge < -0.3 is 15.8 Å². The molecule has 154 valence electrons. The van der Waals surface area contributed by atoms with Gasteiger partial charge in [0, 0.05) is 18.1 Å². The van der Waals surface area contributed by atoms with Gasteiger partial charge >= 0.3 is 0 Å². The number of nitrogens with zero attached hydrogens (tertiary/aromatic N) is 3. The van der Waals surface area contributed by atoms with E-state index in [2.05, 4.69) is 15.5 Å². The van der Waals surface area contributed by atoms with Gasteiger partial charge in [0.2, 0.25) is 5.82 Å². The molecule has 10 heteroatoms. The first-order valence-electron chi connectivity index (χ1n) is 9.06. The number of carbonyl (C=O) groups excluding carboxylic acids is 2. The Morgan fingerprint density at radius 3 is 2.73 bits per heavy atom. The van der Waals surface area contributed by atoms with E-state index in [1.807, 2.05) is 30.3 Å². The molecule has 0 saturated heterocycles. The van der Waals surface area contributed by atoms with E-state index in [1.54, 1.807) is 0 Å². The molecule has 2 aromatic carbocycles. The Hall–Kier alpha value is -3.82. The van der Waals surface area contributed by atoms with Gasteiger partial charge in [0.15, 0.2) is 5.82 Å². The minimum Gasteiger partial charge on any atom is -0.488 e. The molecule has 0 spiro atoms. The minimum absolute atomic E-state index is 0.148. The Morgan fingerprint density at radius 1 is 1.30 bits per heavy atom. The quantitative estimate of drug-likeness (QED) is 0.681. The van der Waals surface area contributed by atoms with Crippen molar-refractivity contribution < 1.29 is 23.1 Å². The Bertz CT molecular complexity index is 1150. The number of fused-ring (bicyclic) bond motifs is 1. The lowest BCUT2D eigenvalue weighted by atomic mass is 10.1. The molecule has 0 bridgehead atoms. The van der Waals surface area contributed by atoms with Crippen molar-refractivity contribution in [3.63, 3.8) is 0 Å². The number of anilines is 1. The van der Waals surface area contributed by atoms with Crippen molar-refractivity contribution in [1.82, 2.24) is 14.8 Å². The number of amides is 2. The van der Waals surface area contributed by atoms with Crippen LogP contribution in [-0.2, 0) is 11.2 Å². The predicted molar refractivity (Wildman–Crippen MR) is 102 cm³/mol. The highest BCUT2D eigenvalue weighted by Crippen LogP contribution is 2.35. The molecule has 4 rings (SSSR count). The Labute approximate surface area is 169 Å². The van der Waals surface area contributed by atoms with Crippen LogP contribution in [-0.4, -0.2) is 33.2 Å². The third-order valence-electron chi connectivity index (χ3n) is 4.86. The third-order valence-corrected chi connectivity index (χ3v) is 4.86. The van der Waals surface area contributed by atoms with Crippen molar-refractivity contribution in [2.45, 2.75) is 19.4 Å². The standard InChI is InChI=1S/C20H17F2N5O3/c1-10-12(21)8-14-17(16(10)22)24-20(29)13(9-30-14)27-15(25-26-19(27)18(23)28)7-11-5-3-2-4-6-11/h2-6,8,13H,7,9H2,1H3,(H2,23,28)(H,24,29)/t13-/m0/s1. The third kappa shape index (κ3) is 3.36. The van der Waals surface area contributed by atoms with Crippen LogP contribution in [0.25, 0.3) is 0 Å². The van der Waals surface area contributed by atoms with E-state index in [1.165, 1.54) is 11.5 Å². The van der Waals surface area contributed by atoms with Gasteiger partial charge in [0.05, 0.1) is 0 Å². The van der Waals surface area contributed by atoms with Gasteiger partial charge in [0.25, 0.3) is 11.8 Å². The number of primary amides is 1. The highest BCUT2D eigenvalue weighted by Gasteiger charge is 2.34. The van der Waals surface area contributed by atoms with Gasteiger partial charge in [-0.05, 0) is 12.5 Å². The number of hydrogen-bond donors (Lipinski definition) is 2. The van der Waals surface area contributed by atoms with Crippen molar-refractivity contribution in [3.8, 4) is 5.75 Å². The van der Waals surface area contributed by atoms with Crippen molar-refractivity contribution >= 4 is 17.5 Å². The molecular weight excluding hydrogens is 396 g/mol. The predicted octanol–water partition coefficient (Wildman–Crippen LogP) is 2.13. The number of ether oxygens (including phenoxy) is 1. The SMILES string of the molecule is Cc1c(F)cc2c(c1F)NC(=O)[C@@H](n1c(Cc3ccccc3)nnc1C(N)=O)CO2. The first kappa shape index (κ1) is 19.5. The fourth-order valence-electron chi connectivity index (χ4n) is 3.29. The zero-order valence-electron chi connectivity index (χ0n) is 15.9. The second kappa shape index (κ2) is 7.54. The molecule has 1 aliphatic heterocycles. The average molecular weight is 413 g/mol. The van der Waals surface area contributed by atoms with Gasteiger partial charge in [-0.25, -0.2) is 8.78 Å². The van der Waals surface area contributed by atoms with E-state index in [0.717, 1.165) is 11.6 Å². The minimum atomic E-state index is -1.13. The summed E-state index contributed by atoms with van der Waals surface area (Å²) in [5.41, 5.74) is 5.77. The molecule has 0 unspecified atom stereocenters. The van der Waals surface area contributed by atoms with Gasteiger partial charge in [-0.3, -0.25) is 14.2 Å².